The van der Waals surface area contributed by atoms with Crippen LogP contribution in [0.15, 0.2) is 0 Å². The molecule has 0 aromatic rings. The Balaban J connectivity index is 2.62. The van der Waals surface area contributed by atoms with E-state index < -0.39 is 110 Å². The Morgan fingerprint density at radius 2 is 0.884 bits per heavy atom. The number of hydrogen-bond donors (Lipinski definition) is 0. The Morgan fingerprint density at radius 3 is 1.35 bits per heavy atom. The number of carbonyl (C=O) groups excluding carboxylic acids is 7. The first-order chi connectivity index (χ1) is 20.0. The zero-order valence-electron chi connectivity index (χ0n) is 24.9. The smallest absolute Gasteiger partial charge is 0.305 e. The van der Waals surface area contributed by atoms with E-state index in [1.165, 1.54) is 6.92 Å². The maximum Gasteiger partial charge on any atom is 0.305 e. The number of carbonyl (C=O) groups is 7. The van der Waals surface area contributed by atoms with Gasteiger partial charge in [0.05, 0.1) is 6.10 Å². The van der Waals surface area contributed by atoms with Gasteiger partial charge in [-0.1, -0.05) is 0 Å². The Morgan fingerprint density at radius 1 is 0.465 bits per heavy atom. The molecule has 2 rings (SSSR count). The summed E-state index contributed by atoms with van der Waals surface area (Å²) in [5.74, 6) is -5.78. The van der Waals surface area contributed by atoms with E-state index in [9.17, 15) is 33.6 Å². The van der Waals surface area contributed by atoms with Crippen molar-refractivity contribution in [2.24, 2.45) is 0 Å². The normalized spacial score (nSPS) is 31.9. The third-order valence-corrected chi connectivity index (χ3v) is 5.85. The van der Waals surface area contributed by atoms with Crippen molar-refractivity contribution in [2.45, 2.75) is 117 Å². The van der Waals surface area contributed by atoms with Gasteiger partial charge in [0.2, 0.25) is 6.29 Å². The Hall–Kier alpha value is -3.83. The molecular formula is C26H36O17. The van der Waals surface area contributed by atoms with Crippen molar-refractivity contribution in [3.8, 4) is 0 Å². The van der Waals surface area contributed by atoms with E-state index >= 15 is 0 Å². The van der Waals surface area contributed by atoms with Crippen LogP contribution >= 0.6 is 0 Å². The zero-order chi connectivity index (χ0) is 32.6. The average Bonchev–Trinajstić information content (AvgIpc) is 2.84. The molecule has 0 N–H and O–H groups in total. The van der Waals surface area contributed by atoms with Gasteiger partial charge in [0, 0.05) is 48.5 Å². The molecule has 0 amide bonds. The van der Waals surface area contributed by atoms with E-state index in [1.54, 1.807) is 0 Å². The third-order valence-electron chi connectivity index (χ3n) is 5.85. The van der Waals surface area contributed by atoms with Crippen LogP contribution < -0.4 is 0 Å². The molecule has 10 atom stereocenters. The second-order valence-electron chi connectivity index (χ2n) is 9.64. The molecule has 2 saturated heterocycles. The first-order valence-electron chi connectivity index (χ1n) is 13.1. The van der Waals surface area contributed by atoms with Gasteiger partial charge in [0.15, 0.2) is 42.9 Å². The van der Waals surface area contributed by atoms with Gasteiger partial charge in [-0.2, -0.15) is 0 Å². The molecule has 0 aromatic heterocycles. The van der Waals surface area contributed by atoms with Crippen molar-refractivity contribution in [3.63, 3.8) is 0 Å². The molecule has 17 nitrogen and oxygen atoms in total. The Bertz CT molecular complexity index is 1070. The van der Waals surface area contributed by atoms with Crippen molar-refractivity contribution in [2.75, 3.05) is 6.61 Å². The van der Waals surface area contributed by atoms with E-state index in [0.717, 1.165) is 48.5 Å². The zero-order valence-corrected chi connectivity index (χ0v) is 24.9. The maximum absolute atomic E-state index is 12.2. The predicted molar refractivity (Wildman–Crippen MR) is 134 cm³/mol. The van der Waals surface area contributed by atoms with Crippen LogP contribution in [0.5, 0.6) is 0 Å². The van der Waals surface area contributed by atoms with Crippen LogP contribution in [-0.2, 0) is 80.9 Å². The van der Waals surface area contributed by atoms with Crippen LogP contribution in [0.2, 0.25) is 0 Å². The van der Waals surface area contributed by atoms with Gasteiger partial charge < -0.3 is 47.4 Å². The second-order valence-corrected chi connectivity index (χ2v) is 9.64. The average molecular weight is 621 g/mol. The summed E-state index contributed by atoms with van der Waals surface area (Å²) in [5, 5.41) is 0. The molecule has 0 radical (unpaired) electrons. The van der Waals surface area contributed by atoms with E-state index in [4.69, 9.17) is 47.4 Å². The van der Waals surface area contributed by atoms with E-state index in [0.29, 0.717) is 0 Å². The molecule has 0 unspecified atom stereocenters. The lowest BCUT2D eigenvalue weighted by molar-refractivity contribution is -0.361. The van der Waals surface area contributed by atoms with E-state index in [2.05, 4.69) is 0 Å². The van der Waals surface area contributed by atoms with Crippen LogP contribution in [-0.4, -0.2) is 110 Å². The second kappa shape index (κ2) is 15.6. The largest absolute Gasteiger partial charge is 0.463 e. The molecular weight excluding hydrogens is 584 g/mol. The van der Waals surface area contributed by atoms with E-state index in [1.807, 2.05) is 0 Å². The lowest BCUT2D eigenvalue weighted by Crippen LogP contribution is -2.66. The number of esters is 7. The SMILES string of the molecule is CC(=O)OC[C@H]1O[C@@H](OC(C)=O)[C@H](O[C@H]2O[C@@H](C)[C@H](OC(C)=O)[C@@H](OC(C)=O)[C@@H]2OC(C)=O)[C@@H](OC(C)=O)[C@@H]1OC(C)=O. The van der Waals surface area contributed by atoms with Crippen molar-refractivity contribution in [1.29, 1.82) is 0 Å². The van der Waals surface area contributed by atoms with Gasteiger partial charge in [0.1, 0.15) is 12.7 Å². The maximum atomic E-state index is 12.2. The summed E-state index contributed by atoms with van der Waals surface area (Å²) in [6.07, 6.45) is -14.8. The monoisotopic (exact) mass is 620 g/mol. The fraction of sp³-hybridized carbons (Fsp3) is 0.731. The summed E-state index contributed by atoms with van der Waals surface area (Å²) in [6, 6.07) is 0. The molecule has 2 fully saturated rings. The van der Waals surface area contributed by atoms with Crippen LogP contribution in [0.4, 0.5) is 0 Å². The summed E-state index contributed by atoms with van der Waals surface area (Å²) in [5.41, 5.74) is 0. The van der Waals surface area contributed by atoms with Gasteiger partial charge >= 0.3 is 41.8 Å². The van der Waals surface area contributed by atoms with Crippen LogP contribution in [0, 0.1) is 0 Å². The van der Waals surface area contributed by atoms with Crippen molar-refractivity contribution < 1.29 is 80.9 Å². The third kappa shape index (κ3) is 10.4. The molecule has 0 aliphatic carbocycles. The molecule has 0 saturated carbocycles. The highest BCUT2D eigenvalue weighted by Gasteiger charge is 2.57. The summed E-state index contributed by atoms with van der Waals surface area (Å²) < 4.78 is 54.9. The predicted octanol–water partition coefficient (Wildman–Crippen LogP) is -0.374. The van der Waals surface area contributed by atoms with E-state index in [-0.39, 0.29) is 0 Å². The lowest BCUT2D eigenvalue weighted by Gasteiger charge is -2.48. The van der Waals surface area contributed by atoms with Crippen LogP contribution in [0.3, 0.4) is 0 Å². The minimum absolute atomic E-state index is 0.513. The highest BCUT2D eigenvalue weighted by molar-refractivity contribution is 5.69. The molecule has 43 heavy (non-hydrogen) atoms. The van der Waals surface area contributed by atoms with Crippen molar-refractivity contribution in [3.05, 3.63) is 0 Å². The van der Waals surface area contributed by atoms with Gasteiger partial charge in [-0.3, -0.25) is 33.6 Å². The fourth-order valence-electron chi connectivity index (χ4n) is 4.51. The molecule has 2 aliphatic rings. The molecule has 0 aromatic carbocycles. The minimum Gasteiger partial charge on any atom is -0.463 e. The highest BCUT2D eigenvalue weighted by Crippen LogP contribution is 2.35. The molecule has 242 valence electrons. The minimum atomic E-state index is -1.70. The lowest BCUT2D eigenvalue weighted by atomic mass is 9.96. The van der Waals surface area contributed by atoms with Crippen LogP contribution in [0.1, 0.15) is 55.4 Å². The highest BCUT2D eigenvalue weighted by atomic mass is 16.8. The molecule has 17 heteroatoms. The topological polar surface area (TPSA) is 212 Å². The molecule has 0 bridgehead atoms. The summed E-state index contributed by atoms with van der Waals surface area (Å²) >= 11 is 0. The van der Waals surface area contributed by atoms with Gasteiger partial charge in [-0.05, 0) is 6.92 Å². The first kappa shape index (κ1) is 35.4. The first-order valence-corrected chi connectivity index (χ1v) is 13.1. The number of hydrogen-bond acceptors (Lipinski definition) is 17. The van der Waals surface area contributed by atoms with Crippen molar-refractivity contribution in [1.82, 2.24) is 0 Å². The van der Waals surface area contributed by atoms with Gasteiger partial charge in [-0.15, -0.1) is 0 Å². The van der Waals surface area contributed by atoms with Crippen molar-refractivity contribution >= 4 is 41.8 Å². The Labute approximate surface area is 246 Å². The standard InChI is InChI=1S/C26H36O17/c1-10-19(36-12(3)28)21(38-14(5)30)23(40-16(7)32)25(35-10)43-24-22(39-15(6)31)20(37-13(4)29)18(9-34-11(2)27)42-26(24)41-17(8)33/h10,18-26H,9H2,1-8H3/t10-,18+,19-,20+,21+,22-,23-,24+,25+,26+/m0/s1. The Kier molecular flexibility index (Phi) is 12.8. The van der Waals surface area contributed by atoms with Gasteiger partial charge in [-0.25, -0.2) is 0 Å². The molecule has 0 spiro atoms. The molecule has 2 heterocycles. The number of rotatable bonds is 10. The summed E-state index contributed by atoms with van der Waals surface area (Å²) in [4.78, 5) is 83.7. The fourth-order valence-corrected chi connectivity index (χ4v) is 4.51. The van der Waals surface area contributed by atoms with Crippen LogP contribution in [0.25, 0.3) is 0 Å². The van der Waals surface area contributed by atoms with Gasteiger partial charge in [0.25, 0.3) is 0 Å². The summed E-state index contributed by atoms with van der Waals surface area (Å²) in [6.45, 7) is 8.42. The number of ether oxygens (including phenoxy) is 10. The molecule has 2 aliphatic heterocycles. The summed E-state index contributed by atoms with van der Waals surface area (Å²) in [7, 11) is 0. The quantitative estimate of drug-likeness (QED) is 0.225.